The van der Waals surface area contributed by atoms with Gasteiger partial charge in [0.05, 0.1) is 7.11 Å². The van der Waals surface area contributed by atoms with E-state index in [1.165, 1.54) is 12.1 Å². The maximum atomic E-state index is 12.8. The molecule has 3 heteroatoms. The number of rotatable bonds is 2. The zero-order valence-corrected chi connectivity index (χ0v) is 8.46. The Morgan fingerprint density at radius 2 is 2.00 bits per heavy atom. The van der Waals surface area contributed by atoms with Crippen LogP contribution >= 0.6 is 0 Å². The highest BCUT2D eigenvalue weighted by atomic mass is 19.1. The summed E-state index contributed by atoms with van der Waals surface area (Å²) in [6, 6.07) is 6.36. The largest absolute Gasteiger partial charge is 0.496 e. The molecule has 78 valence electrons. The van der Waals surface area contributed by atoms with Crippen LogP contribution in [0.3, 0.4) is 0 Å². The number of nitrogens with one attached hydrogen (secondary N) is 1. The topological polar surface area (TPSA) is 21.3 Å². The molecule has 1 aromatic rings. The summed E-state index contributed by atoms with van der Waals surface area (Å²) in [7, 11) is 1.63. The van der Waals surface area contributed by atoms with E-state index in [2.05, 4.69) is 5.32 Å². The van der Waals surface area contributed by atoms with Gasteiger partial charge in [-0.15, -0.1) is 0 Å². The number of hydrogen-bond donors (Lipinski definition) is 1. The van der Waals surface area contributed by atoms with Gasteiger partial charge in [0.1, 0.15) is 11.6 Å². The number of allylic oxidation sites excluding steroid dienone is 1. The highest BCUT2D eigenvalue weighted by molar-refractivity contribution is 5.77. The first-order valence-corrected chi connectivity index (χ1v) is 4.75. The SMILES string of the molecule is COC1=CCNC=C1c1ccc(F)cc1. The monoisotopic (exact) mass is 205 g/mol. The summed E-state index contributed by atoms with van der Waals surface area (Å²) in [4.78, 5) is 0. The molecule has 0 bridgehead atoms. The average Bonchev–Trinajstić information content (AvgIpc) is 2.30. The van der Waals surface area contributed by atoms with Gasteiger partial charge in [0.2, 0.25) is 0 Å². The van der Waals surface area contributed by atoms with Crippen molar-refractivity contribution in [3.8, 4) is 0 Å². The molecule has 0 amide bonds. The zero-order valence-electron chi connectivity index (χ0n) is 8.46. The van der Waals surface area contributed by atoms with E-state index in [1.807, 2.05) is 12.3 Å². The molecule has 0 spiro atoms. The van der Waals surface area contributed by atoms with Crippen molar-refractivity contribution in [3.05, 3.63) is 53.7 Å². The molecule has 1 aliphatic rings. The lowest BCUT2D eigenvalue weighted by Crippen LogP contribution is -2.13. The van der Waals surface area contributed by atoms with Crippen LogP contribution in [0.2, 0.25) is 0 Å². The summed E-state index contributed by atoms with van der Waals surface area (Å²) >= 11 is 0. The molecule has 1 N–H and O–H groups in total. The normalized spacial score (nSPS) is 15.1. The fourth-order valence-electron chi connectivity index (χ4n) is 1.54. The average molecular weight is 205 g/mol. The van der Waals surface area contributed by atoms with E-state index in [0.717, 1.165) is 23.4 Å². The first-order chi connectivity index (χ1) is 7.31. The van der Waals surface area contributed by atoms with E-state index in [0.29, 0.717) is 0 Å². The molecule has 0 radical (unpaired) electrons. The molecule has 0 fully saturated rings. The van der Waals surface area contributed by atoms with Crippen molar-refractivity contribution in [2.24, 2.45) is 0 Å². The Bertz CT molecular complexity index is 406. The summed E-state index contributed by atoms with van der Waals surface area (Å²) in [5.41, 5.74) is 1.89. The summed E-state index contributed by atoms with van der Waals surface area (Å²) in [6.07, 6.45) is 3.84. The van der Waals surface area contributed by atoms with Crippen molar-refractivity contribution >= 4 is 5.57 Å². The van der Waals surface area contributed by atoms with E-state index in [4.69, 9.17) is 4.74 Å². The number of methoxy groups -OCH3 is 1. The van der Waals surface area contributed by atoms with Crippen molar-refractivity contribution in [2.75, 3.05) is 13.7 Å². The molecule has 0 aromatic heterocycles. The van der Waals surface area contributed by atoms with Crippen LogP contribution in [0, 0.1) is 5.82 Å². The van der Waals surface area contributed by atoms with Crippen molar-refractivity contribution in [3.63, 3.8) is 0 Å². The smallest absolute Gasteiger partial charge is 0.125 e. The van der Waals surface area contributed by atoms with Crippen LogP contribution in [0.1, 0.15) is 5.56 Å². The zero-order chi connectivity index (χ0) is 10.7. The third kappa shape index (κ3) is 2.01. The molecule has 0 atom stereocenters. The second-order valence-electron chi connectivity index (χ2n) is 3.25. The molecule has 0 aliphatic carbocycles. The van der Waals surface area contributed by atoms with Gasteiger partial charge < -0.3 is 10.1 Å². The molecule has 0 saturated heterocycles. The predicted molar refractivity (Wildman–Crippen MR) is 57.5 cm³/mol. The van der Waals surface area contributed by atoms with Gasteiger partial charge in [0, 0.05) is 18.3 Å². The summed E-state index contributed by atoms with van der Waals surface area (Å²) in [5, 5.41) is 3.10. The Balaban J connectivity index is 2.34. The minimum atomic E-state index is -0.230. The van der Waals surface area contributed by atoms with E-state index in [1.54, 1.807) is 19.2 Å². The Hall–Kier alpha value is -1.77. The maximum absolute atomic E-state index is 12.8. The lowest BCUT2D eigenvalue weighted by molar-refractivity contribution is 0.308. The fraction of sp³-hybridized carbons (Fsp3) is 0.167. The van der Waals surface area contributed by atoms with Crippen LogP contribution in [0.5, 0.6) is 0 Å². The number of halogens is 1. The lowest BCUT2D eigenvalue weighted by atomic mass is 10.0. The minimum absolute atomic E-state index is 0.230. The van der Waals surface area contributed by atoms with E-state index in [-0.39, 0.29) is 5.82 Å². The van der Waals surface area contributed by atoms with E-state index in [9.17, 15) is 4.39 Å². The molecule has 2 nitrogen and oxygen atoms in total. The van der Waals surface area contributed by atoms with Gasteiger partial charge in [0.15, 0.2) is 0 Å². The van der Waals surface area contributed by atoms with Crippen molar-refractivity contribution in [1.29, 1.82) is 0 Å². The number of ether oxygens (including phenoxy) is 1. The van der Waals surface area contributed by atoms with Gasteiger partial charge in [-0.2, -0.15) is 0 Å². The Labute approximate surface area is 88.1 Å². The fourth-order valence-corrected chi connectivity index (χ4v) is 1.54. The molecular formula is C12H12FNO. The van der Waals surface area contributed by atoms with Crippen LogP contribution in [-0.4, -0.2) is 13.7 Å². The van der Waals surface area contributed by atoms with Crippen molar-refractivity contribution < 1.29 is 9.13 Å². The molecule has 1 heterocycles. The van der Waals surface area contributed by atoms with E-state index >= 15 is 0 Å². The molecule has 1 aliphatic heterocycles. The van der Waals surface area contributed by atoms with Crippen molar-refractivity contribution in [1.82, 2.24) is 5.32 Å². The Morgan fingerprint density at radius 3 is 2.67 bits per heavy atom. The van der Waals surface area contributed by atoms with Gasteiger partial charge in [-0.25, -0.2) is 4.39 Å². The first-order valence-electron chi connectivity index (χ1n) is 4.75. The van der Waals surface area contributed by atoms with Crippen LogP contribution in [0.4, 0.5) is 4.39 Å². The number of hydrogen-bond acceptors (Lipinski definition) is 2. The lowest BCUT2D eigenvalue weighted by Gasteiger charge is -2.16. The van der Waals surface area contributed by atoms with Crippen LogP contribution < -0.4 is 5.32 Å². The molecular weight excluding hydrogens is 193 g/mol. The van der Waals surface area contributed by atoms with Gasteiger partial charge in [-0.1, -0.05) is 12.1 Å². The Morgan fingerprint density at radius 1 is 1.27 bits per heavy atom. The second-order valence-corrected chi connectivity index (χ2v) is 3.25. The second kappa shape index (κ2) is 4.17. The predicted octanol–water partition coefficient (Wildman–Crippen LogP) is 2.30. The van der Waals surface area contributed by atoms with Gasteiger partial charge >= 0.3 is 0 Å². The van der Waals surface area contributed by atoms with Gasteiger partial charge in [-0.05, 0) is 23.8 Å². The highest BCUT2D eigenvalue weighted by Crippen LogP contribution is 2.24. The van der Waals surface area contributed by atoms with Gasteiger partial charge in [0.25, 0.3) is 0 Å². The molecule has 2 rings (SSSR count). The van der Waals surface area contributed by atoms with Gasteiger partial charge in [-0.3, -0.25) is 0 Å². The van der Waals surface area contributed by atoms with Crippen molar-refractivity contribution in [2.45, 2.75) is 0 Å². The van der Waals surface area contributed by atoms with Crippen LogP contribution in [-0.2, 0) is 4.74 Å². The summed E-state index contributed by atoms with van der Waals surface area (Å²) < 4.78 is 18.0. The van der Waals surface area contributed by atoms with E-state index < -0.39 is 0 Å². The third-order valence-electron chi connectivity index (χ3n) is 2.29. The minimum Gasteiger partial charge on any atom is -0.496 e. The first kappa shape index (κ1) is 9.77. The standard InChI is InChI=1S/C12H12FNO/c1-15-12-6-7-14-8-11(12)9-2-4-10(13)5-3-9/h2-6,8,14H,7H2,1H3. The third-order valence-corrected chi connectivity index (χ3v) is 2.29. The molecule has 1 aromatic carbocycles. The highest BCUT2D eigenvalue weighted by Gasteiger charge is 2.10. The summed E-state index contributed by atoms with van der Waals surface area (Å²) in [5.74, 6) is 0.589. The molecule has 0 saturated carbocycles. The quantitative estimate of drug-likeness (QED) is 0.799. The summed E-state index contributed by atoms with van der Waals surface area (Å²) in [6.45, 7) is 0.758. The Kier molecular flexibility index (Phi) is 2.72. The van der Waals surface area contributed by atoms with Crippen LogP contribution in [0.25, 0.3) is 5.57 Å². The van der Waals surface area contributed by atoms with Crippen LogP contribution in [0.15, 0.2) is 42.3 Å². The molecule has 0 unspecified atom stereocenters. The molecule has 15 heavy (non-hydrogen) atoms. The maximum Gasteiger partial charge on any atom is 0.125 e. The number of dihydropyridines is 1. The number of benzene rings is 1.